The molecule has 0 spiro atoms. The standard InChI is InChI=1S/C30H44O/c1-21(8-7-11-22-9-5-4-6-10-22)26-14-15-27-25-13-12-23-20-24(31)16-18-29(23,2)28(25)17-19-30(26,27)3/h4-6,9-10,12,21,24-28,31H,7-8,11,13-20H2,1-3H3/t21-,24?,25?,26?,27?,28?,29?,30?/m1/s1. The lowest BCUT2D eigenvalue weighted by atomic mass is 9.47. The number of aliphatic hydroxyl groups excluding tert-OH is 1. The minimum absolute atomic E-state index is 0.0858. The Morgan fingerprint density at radius 3 is 2.61 bits per heavy atom. The van der Waals surface area contributed by atoms with E-state index in [9.17, 15) is 5.11 Å². The molecule has 170 valence electrons. The van der Waals surface area contributed by atoms with Crippen LogP contribution >= 0.6 is 0 Å². The Morgan fingerprint density at radius 1 is 1.00 bits per heavy atom. The average molecular weight is 421 g/mol. The van der Waals surface area contributed by atoms with E-state index in [4.69, 9.17) is 0 Å². The third-order valence-electron chi connectivity index (χ3n) is 10.8. The molecule has 4 aliphatic carbocycles. The van der Waals surface area contributed by atoms with Gasteiger partial charge in [0.15, 0.2) is 0 Å². The van der Waals surface area contributed by atoms with Gasteiger partial charge >= 0.3 is 0 Å². The predicted octanol–water partition coefficient (Wildman–Crippen LogP) is 7.59. The first kappa shape index (κ1) is 21.7. The molecule has 5 rings (SSSR count). The molecule has 3 fully saturated rings. The molecule has 1 N–H and O–H groups in total. The second-order valence-electron chi connectivity index (χ2n) is 12.2. The van der Waals surface area contributed by atoms with Crippen molar-refractivity contribution in [3.63, 3.8) is 0 Å². The molecule has 0 aromatic heterocycles. The molecule has 1 aromatic rings. The van der Waals surface area contributed by atoms with E-state index < -0.39 is 0 Å². The lowest BCUT2D eigenvalue weighted by Gasteiger charge is -2.58. The minimum Gasteiger partial charge on any atom is -0.393 e. The topological polar surface area (TPSA) is 20.2 Å². The Kier molecular flexibility index (Phi) is 5.87. The molecule has 0 heterocycles. The zero-order valence-corrected chi connectivity index (χ0v) is 20.2. The first-order chi connectivity index (χ1) is 14.9. The zero-order valence-electron chi connectivity index (χ0n) is 20.2. The summed E-state index contributed by atoms with van der Waals surface area (Å²) in [6, 6.07) is 11.1. The lowest BCUT2D eigenvalue weighted by Crippen LogP contribution is -2.50. The summed E-state index contributed by atoms with van der Waals surface area (Å²) in [4.78, 5) is 0. The van der Waals surface area contributed by atoms with Crippen molar-refractivity contribution >= 4 is 0 Å². The van der Waals surface area contributed by atoms with Gasteiger partial charge in [-0.3, -0.25) is 0 Å². The van der Waals surface area contributed by atoms with Gasteiger partial charge < -0.3 is 5.11 Å². The fourth-order valence-corrected chi connectivity index (χ4v) is 9.09. The van der Waals surface area contributed by atoms with Gasteiger partial charge in [0.25, 0.3) is 0 Å². The summed E-state index contributed by atoms with van der Waals surface area (Å²) in [5.74, 6) is 4.45. The highest BCUT2D eigenvalue weighted by Gasteiger charge is 2.59. The van der Waals surface area contributed by atoms with E-state index in [1.807, 2.05) is 0 Å². The Balaban J connectivity index is 1.26. The average Bonchev–Trinajstić information content (AvgIpc) is 3.12. The SMILES string of the molecule is C[C@H](CCCc1ccccc1)C1CCC2C3CC=C4CC(O)CCC4(C)C3CCC21C. The third-order valence-corrected chi connectivity index (χ3v) is 10.8. The highest BCUT2D eigenvalue weighted by atomic mass is 16.3. The molecular formula is C30H44O. The smallest absolute Gasteiger partial charge is 0.0577 e. The number of hydrogen-bond acceptors (Lipinski definition) is 1. The van der Waals surface area contributed by atoms with Gasteiger partial charge in [0, 0.05) is 0 Å². The predicted molar refractivity (Wildman–Crippen MR) is 130 cm³/mol. The molecule has 0 bridgehead atoms. The molecule has 1 nitrogen and oxygen atoms in total. The van der Waals surface area contributed by atoms with Crippen LogP contribution in [0.25, 0.3) is 0 Å². The van der Waals surface area contributed by atoms with Crippen molar-refractivity contribution in [1.29, 1.82) is 0 Å². The number of benzene rings is 1. The molecule has 0 radical (unpaired) electrons. The van der Waals surface area contributed by atoms with E-state index in [2.05, 4.69) is 57.2 Å². The van der Waals surface area contributed by atoms with Gasteiger partial charge in [0.1, 0.15) is 0 Å². The Morgan fingerprint density at radius 2 is 1.81 bits per heavy atom. The lowest BCUT2D eigenvalue weighted by molar-refractivity contribution is -0.0572. The van der Waals surface area contributed by atoms with Crippen LogP contribution in [0.4, 0.5) is 0 Å². The van der Waals surface area contributed by atoms with E-state index in [-0.39, 0.29) is 6.10 Å². The van der Waals surface area contributed by atoms with Crippen LogP contribution in [-0.4, -0.2) is 11.2 Å². The van der Waals surface area contributed by atoms with E-state index in [1.54, 1.807) is 5.57 Å². The summed E-state index contributed by atoms with van der Waals surface area (Å²) >= 11 is 0. The van der Waals surface area contributed by atoms with E-state index >= 15 is 0 Å². The number of fused-ring (bicyclic) bond motifs is 5. The van der Waals surface area contributed by atoms with Gasteiger partial charge in [0.2, 0.25) is 0 Å². The first-order valence-electron chi connectivity index (χ1n) is 13.3. The molecule has 3 saturated carbocycles. The fraction of sp³-hybridized carbons (Fsp3) is 0.733. The molecular weight excluding hydrogens is 376 g/mol. The van der Waals surface area contributed by atoms with Crippen LogP contribution in [0.2, 0.25) is 0 Å². The number of aryl methyl sites for hydroxylation is 1. The highest BCUT2D eigenvalue weighted by molar-refractivity contribution is 5.25. The molecule has 0 amide bonds. The van der Waals surface area contributed by atoms with Crippen molar-refractivity contribution in [1.82, 2.24) is 0 Å². The Labute approximate surface area is 190 Å². The van der Waals surface area contributed by atoms with Crippen molar-refractivity contribution in [2.24, 2.45) is 40.4 Å². The van der Waals surface area contributed by atoms with Crippen molar-refractivity contribution in [2.45, 2.75) is 97.5 Å². The molecule has 1 heteroatoms. The van der Waals surface area contributed by atoms with E-state index in [0.717, 1.165) is 42.4 Å². The van der Waals surface area contributed by atoms with Crippen LogP contribution in [0.15, 0.2) is 42.0 Å². The molecule has 31 heavy (non-hydrogen) atoms. The van der Waals surface area contributed by atoms with Gasteiger partial charge in [-0.1, -0.05) is 69.2 Å². The fourth-order valence-electron chi connectivity index (χ4n) is 9.09. The van der Waals surface area contributed by atoms with Gasteiger partial charge in [-0.05, 0) is 110 Å². The molecule has 0 saturated heterocycles. The largest absolute Gasteiger partial charge is 0.393 e. The normalized spacial score (nSPS) is 42.8. The second-order valence-corrected chi connectivity index (χ2v) is 12.2. The van der Waals surface area contributed by atoms with Gasteiger partial charge in [0.05, 0.1) is 6.10 Å². The quantitative estimate of drug-likeness (QED) is 0.487. The van der Waals surface area contributed by atoms with Crippen LogP contribution in [0.3, 0.4) is 0 Å². The van der Waals surface area contributed by atoms with E-state index in [0.29, 0.717) is 10.8 Å². The van der Waals surface area contributed by atoms with Crippen molar-refractivity contribution < 1.29 is 5.11 Å². The van der Waals surface area contributed by atoms with E-state index in [1.165, 1.54) is 63.4 Å². The van der Waals surface area contributed by atoms with Crippen LogP contribution in [0.1, 0.15) is 90.5 Å². The molecule has 7 unspecified atom stereocenters. The molecule has 0 aliphatic heterocycles. The van der Waals surface area contributed by atoms with Gasteiger partial charge in [-0.15, -0.1) is 0 Å². The zero-order chi connectivity index (χ0) is 21.6. The van der Waals surface area contributed by atoms with Crippen LogP contribution in [0, 0.1) is 40.4 Å². The molecule has 4 aliphatic rings. The maximum atomic E-state index is 10.2. The number of hydrogen-bond donors (Lipinski definition) is 1. The number of allylic oxidation sites excluding steroid dienone is 1. The summed E-state index contributed by atoms with van der Waals surface area (Å²) in [6.45, 7) is 7.81. The van der Waals surface area contributed by atoms with Crippen LogP contribution in [0.5, 0.6) is 0 Å². The van der Waals surface area contributed by atoms with Crippen molar-refractivity contribution in [3.8, 4) is 0 Å². The second kappa shape index (κ2) is 8.36. The number of aliphatic hydroxyl groups is 1. The first-order valence-corrected chi connectivity index (χ1v) is 13.3. The summed E-state index contributed by atoms with van der Waals surface area (Å²) in [6.07, 6.45) is 16.7. The van der Waals surface area contributed by atoms with Gasteiger partial charge in [-0.2, -0.15) is 0 Å². The molecule has 1 aromatic carbocycles. The van der Waals surface area contributed by atoms with Crippen LogP contribution < -0.4 is 0 Å². The Bertz CT molecular complexity index is 796. The minimum atomic E-state index is -0.0858. The monoisotopic (exact) mass is 420 g/mol. The summed E-state index contributed by atoms with van der Waals surface area (Å²) in [5, 5.41) is 10.2. The molecule has 8 atom stereocenters. The van der Waals surface area contributed by atoms with Gasteiger partial charge in [-0.25, -0.2) is 0 Å². The van der Waals surface area contributed by atoms with Crippen molar-refractivity contribution in [2.75, 3.05) is 0 Å². The summed E-state index contributed by atoms with van der Waals surface area (Å²) < 4.78 is 0. The summed E-state index contributed by atoms with van der Waals surface area (Å²) in [5.41, 5.74) is 4.05. The number of rotatable bonds is 5. The maximum absolute atomic E-state index is 10.2. The Hall–Kier alpha value is -1.08. The van der Waals surface area contributed by atoms with Crippen LogP contribution in [-0.2, 0) is 6.42 Å². The third kappa shape index (κ3) is 3.73. The van der Waals surface area contributed by atoms with Crippen molar-refractivity contribution in [3.05, 3.63) is 47.5 Å². The maximum Gasteiger partial charge on any atom is 0.0577 e. The highest BCUT2D eigenvalue weighted by Crippen LogP contribution is 2.67. The summed E-state index contributed by atoms with van der Waals surface area (Å²) in [7, 11) is 0.